The highest BCUT2D eigenvalue weighted by Crippen LogP contribution is 2.25. The Kier molecular flexibility index (Phi) is 11.1. The molecule has 0 spiro atoms. The average molecular weight is 556 g/mol. The van der Waals surface area contributed by atoms with E-state index in [-0.39, 0.29) is 31.0 Å². The number of carbonyl (C=O) groups is 2. The maximum Gasteiger partial charge on any atom is 0.261 e. The molecule has 0 aromatic heterocycles. The lowest BCUT2D eigenvalue weighted by Crippen LogP contribution is -2.53. The number of nitrogens with zero attached hydrogens (tertiary/aromatic N) is 1. The van der Waals surface area contributed by atoms with E-state index in [2.05, 4.69) is 19.2 Å². The van der Waals surface area contributed by atoms with E-state index in [0.29, 0.717) is 33.7 Å². The molecule has 0 aliphatic heterocycles. The van der Waals surface area contributed by atoms with Crippen molar-refractivity contribution >= 4 is 35.0 Å². The van der Waals surface area contributed by atoms with Gasteiger partial charge in [0.05, 0.1) is 0 Å². The summed E-state index contributed by atoms with van der Waals surface area (Å²) in [5, 5.41) is 3.99. The average Bonchev–Trinajstić information content (AvgIpc) is 2.91. The van der Waals surface area contributed by atoms with Crippen LogP contribution in [-0.4, -0.2) is 35.4 Å². The van der Waals surface area contributed by atoms with Gasteiger partial charge in [0, 0.05) is 29.1 Å². The number of hydrogen-bond acceptors (Lipinski definition) is 3. The van der Waals surface area contributed by atoms with E-state index in [1.807, 2.05) is 68.4 Å². The summed E-state index contributed by atoms with van der Waals surface area (Å²) in [7, 11) is 0. The first-order chi connectivity index (χ1) is 18.2. The van der Waals surface area contributed by atoms with Crippen molar-refractivity contribution in [2.75, 3.05) is 6.61 Å². The first kappa shape index (κ1) is 29.5. The minimum absolute atomic E-state index is 0.0347. The van der Waals surface area contributed by atoms with Crippen LogP contribution in [0.25, 0.3) is 0 Å². The third-order valence-corrected chi connectivity index (χ3v) is 7.12. The van der Waals surface area contributed by atoms with Gasteiger partial charge >= 0.3 is 0 Å². The molecule has 5 nitrogen and oxygen atoms in total. The summed E-state index contributed by atoms with van der Waals surface area (Å²) in [6.07, 6.45) is 1.12. The van der Waals surface area contributed by atoms with Crippen LogP contribution in [0.4, 0.5) is 0 Å². The zero-order chi connectivity index (χ0) is 27.7. The van der Waals surface area contributed by atoms with Crippen molar-refractivity contribution in [1.29, 1.82) is 0 Å². The van der Waals surface area contributed by atoms with Crippen LogP contribution < -0.4 is 10.1 Å². The smallest absolute Gasteiger partial charge is 0.261 e. The number of benzene rings is 3. The van der Waals surface area contributed by atoms with E-state index in [1.54, 1.807) is 23.1 Å². The van der Waals surface area contributed by atoms with Crippen LogP contribution in [0, 0.1) is 0 Å². The Morgan fingerprint density at radius 1 is 0.947 bits per heavy atom. The summed E-state index contributed by atoms with van der Waals surface area (Å²) in [4.78, 5) is 28.8. The maximum absolute atomic E-state index is 13.7. The number of rotatable bonds is 12. The molecule has 0 heterocycles. The highest BCUT2D eigenvalue weighted by atomic mass is 35.5. The van der Waals surface area contributed by atoms with E-state index in [4.69, 9.17) is 27.9 Å². The van der Waals surface area contributed by atoms with E-state index in [1.165, 1.54) is 5.56 Å². The van der Waals surface area contributed by atoms with Crippen molar-refractivity contribution in [2.24, 2.45) is 0 Å². The van der Waals surface area contributed by atoms with Crippen molar-refractivity contribution in [1.82, 2.24) is 10.2 Å². The fraction of sp³-hybridized carbons (Fsp3) is 0.355. The molecule has 0 saturated heterocycles. The second kappa shape index (κ2) is 14.2. The Balaban J connectivity index is 1.92. The Bertz CT molecular complexity index is 1200. The monoisotopic (exact) mass is 554 g/mol. The molecule has 1 N–H and O–H groups in total. The third-order valence-electron chi connectivity index (χ3n) is 6.54. The van der Waals surface area contributed by atoms with E-state index in [0.717, 1.165) is 12.0 Å². The molecule has 0 bridgehead atoms. The van der Waals surface area contributed by atoms with Crippen molar-refractivity contribution in [3.63, 3.8) is 0 Å². The number of amides is 2. The largest absolute Gasteiger partial charge is 0.484 e. The lowest BCUT2D eigenvalue weighted by Gasteiger charge is -2.32. The Hall–Kier alpha value is -3.02. The third kappa shape index (κ3) is 8.50. The first-order valence-corrected chi connectivity index (χ1v) is 13.7. The predicted octanol–water partition coefficient (Wildman–Crippen LogP) is 7.05. The Morgan fingerprint density at radius 3 is 2.24 bits per heavy atom. The fourth-order valence-corrected chi connectivity index (χ4v) is 4.47. The van der Waals surface area contributed by atoms with E-state index >= 15 is 0 Å². The van der Waals surface area contributed by atoms with Gasteiger partial charge in [-0.15, -0.1) is 0 Å². The second-order valence-corrected chi connectivity index (χ2v) is 10.6. The van der Waals surface area contributed by atoms with Crippen LogP contribution >= 0.6 is 23.2 Å². The van der Waals surface area contributed by atoms with Gasteiger partial charge in [-0.2, -0.15) is 0 Å². The predicted molar refractivity (Wildman–Crippen MR) is 155 cm³/mol. The molecule has 202 valence electrons. The molecule has 0 unspecified atom stereocenters. The molecule has 2 atom stereocenters. The van der Waals surface area contributed by atoms with Gasteiger partial charge in [-0.1, -0.05) is 92.5 Å². The van der Waals surface area contributed by atoms with Crippen LogP contribution in [-0.2, 0) is 22.6 Å². The van der Waals surface area contributed by atoms with Crippen LogP contribution in [0.15, 0.2) is 72.8 Å². The van der Waals surface area contributed by atoms with Crippen LogP contribution in [0.1, 0.15) is 56.7 Å². The molecule has 0 fully saturated rings. The molecule has 0 saturated carbocycles. The van der Waals surface area contributed by atoms with Gasteiger partial charge in [0.1, 0.15) is 11.8 Å². The summed E-state index contributed by atoms with van der Waals surface area (Å²) in [6, 6.07) is 21.7. The molecular weight excluding hydrogens is 519 g/mol. The molecule has 38 heavy (non-hydrogen) atoms. The lowest BCUT2D eigenvalue weighted by molar-refractivity contribution is -0.143. The summed E-state index contributed by atoms with van der Waals surface area (Å²) in [6.45, 7) is 8.12. The summed E-state index contributed by atoms with van der Waals surface area (Å²) >= 11 is 12.6. The molecule has 0 radical (unpaired) electrons. The first-order valence-electron chi connectivity index (χ1n) is 13.0. The molecule has 7 heteroatoms. The normalized spacial score (nSPS) is 12.6. The van der Waals surface area contributed by atoms with Gasteiger partial charge in [-0.25, -0.2) is 0 Å². The van der Waals surface area contributed by atoms with Crippen molar-refractivity contribution in [2.45, 2.75) is 65.1 Å². The maximum atomic E-state index is 13.7. The molecular formula is C31H36Cl2N2O3. The zero-order valence-electron chi connectivity index (χ0n) is 22.4. The Labute approximate surface area is 236 Å². The SMILES string of the molecule is CC[C@H](C)NC(=O)[C@H](Cc1ccccc1)N(Cc1ccc(Cl)cc1Cl)C(=O)COc1ccc(C(C)C)cc1. The van der Waals surface area contributed by atoms with Crippen molar-refractivity contribution in [3.05, 3.63) is 99.5 Å². The molecule has 3 aromatic rings. The highest BCUT2D eigenvalue weighted by molar-refractivity contribution is 6.35. The van der Waals surface area contributed by atoms with Crippen LogP contribution in [0.3, 0.4) is 0 Å². The number of halogens is 2. The highest BCUT2D eigenvalue weighted by Gasteiger charge is 2.31. The number of hydrogen-bond donors (Lipinski definition) is 1. The fourth-order valence-electron chi connectivity index (χ4n) is 4.01. The summed E-state index contributed by atoms with van der Waals surface area (Å²) in [5.41, 5.74) is 2.83. The minimum atomic E-state index is -0.766. The van der Waals surface area contributed by atoms with Gasteiger partial charge < -0.3 is 15.0 Å². The zero-order valence-corrected chi connectivity index (χ0v) is 23.9. The molecule has 3 aromatic carbocycles. The summed E-state index contributed by atoms with van der Waals surface area (Å²) in [5.74, 6) is 0.455. The van der Waals surface area contributed by atoms with Crippen molar-refractivity contribution in [3.8, 4) is 5.75 Å². The second-order valence-electron chi connectivity index (χ2n) is 9.79. The minimum Gasteiger partial charge on any atom is -0.484 e. The quantitative estimate of drug-likeness (QED) is 0.261. The summed E-state index contributed by atoms with van der Waals surface area (Å²) < 4.78 is 5.88. The molecule has 2 amide bonds. The standard InChI is InChI=1S/C31H36Cl2N2O3/c1-5-22(4)34-31(37)29(17-23-9-7-6-8-10-23)35(19-25-11-14-26(32)18-28(25)33)30(36)20-38-27-15-12-24(13-16-27)21(2)3/h6-16,18,21-22,29H,5,17,19-20H2,1-4H3,(H,34,37)/t22-,29-/m0/s1. The van der Waals surface area contributed by atoms with Gasteiger partial charge in [0.25, 0.3) is 5.91 Å². The van der Waals surface area contributed by atoms with Crippen molar-refractivity contribution < 1.29 is 14.3 Å². The Morgan fingerprint density at radius 2 is 1.63 bits per heavy atom. The number of ether oxygens (including phenoxy) is 1. The molecule has 0 aliphatic carbocycles. The number of nitrogens with one attached hydrogen (secondary N) is 1. The lowest BCUT2D eigenvalue weighted by atomic mass is 10.0. The molecule has 0 aliphatic rings. The topological polar surface area (TPSA) is 58.6 Å². The molecule has 3 rings (SSSR count). The van der Waals surface area contributed by atoms with Crippen LogP contribution in [0.5, 0.6) is 5.75 Å². The van der Waals surface area contributed by atoms with E-state index in [9.17, 15) is 9.59 Å². The van der Waals surface area contributed by atoms with Crippen LogP contribution in [0.2, 0.25) is 10.0 Å². The van der Waals surface area contributed by atoms with Gasteiger partial charge in [-0.3, -0.25) is 9.59 Å². The van der Waals surface area contributed by atoms with Gasteiger partial charge in [0.2, 0.25) is 5.91 Å². The van der Waals surface area contributed by atoms with Gasteiger partial charge in [0.15, 0.2) is 6.61 Å². The van der Waals surface area contributed by atoms with E-state index < -0.39 is 6.04 Å². The number of carbonyl (C=O) groups excluding carboxylic acids is 2. The van der Waals surface area contributed by atoms with Gasteiger partial charge in [-0.05, 0) is 60.2 Å².